The second-order valence-electron chi connectivity index (χ2n) is 4.68. The predicted molar refractivity (Wildman–Crippen MR) is 79.5 cm³/mol. The number of carboxylic acids is 1. The van der Waals surface area contributed by atoms with Gasteiger partial charge in [0.05, 0.1) is 18.4 Å². The van der Waals surface area contributed by atoms with Crippen LogP contribution in [0.4, 0.5) is 0 Å². The van der Waals surface area contributed by atoms with Crippen LogP contribution in [0.3, 0.4) is 0 Å². The number of hydrogen-bond donors (Lipinski definition) is 1. The quantitative estimate of drug-likeness (QED) is 0.784. The van der Waals surface area contributed by atoms with Crippen molar-refractivity contribution in [3.63, 3.8) is 0 Å². The summed E-state index contributed by atoms with van der Waals surface area (Å²) in [5.74, 6) is 0.506. The van der Waals surface area contributed by atoms with E-state index in [1.165, 1.54) is 12.1 Å². The van der Waals surface area contributed by atoms with E-state index in [0.29, 0.717) is 18.0 Å². The van der Waals surface area contributed by atoms with Gasteiger partial charge in [-0.2, -0.15) is 0 Å². The number of fused-ring (bicyclic) bond motifs is 1. The maximum absolute atomic E-state index is 10.9. The van der Waals surface area contributed by atoms with Crippen molar-refractivity contribution in [3.8, 4) is 11.5 Å². The first-order chi connectivity index (χ1) is 10.7. The average molecular weight is 298 g/mol. The average Bonchev–Trinajstić information content (AvgIpc) is 2.95. The number of hydrogen-bond acceptors (Lipinski definition) is 4. The summed E-state index contributed by atoms with van der Waals surface area (Å²) >= 11 is 0. The van der Waals surface area contributed by atoms with E-state index in [1.54, 1.807) is 17.7 Å². The molecule has 0 aliphatic carbocycles. The number of aromatic nitrogens is 2. The Balaban J connectivity index is 1.74. The molecule has 2 heterocycles. The van der Waals surface area contributed by atoms with Gasteiger partial charge in [-0.15, -0.1) is 0 Å². The molecule has 22 heavy (non-hydrogen) atoms. The first-order valence-corrected chi connectivity index (χ1v) is 6.63. The molecule has 112 valence electrons. The Kier molecular flexibility index (Phi) is 3.65. The summed E-state index contributed by atoms with van der Waals surface area (Å²) < 4.78 is 12.5. The van der Waals surface area contributed by atoms with Crippen molar-refractivity contribution in [2.24, 2.45) is 0 Å². The van der Waals surface area contributed by atoms with Crippen LogP contribution in [0.1, 0.15) is 16.1 Å². The Morgan fingerprint density at radius 3 is 2.64 bits per heavy atom. The standard InChI is InChI=1S/C16H14N2O4/c1-21-13-2-4-14(5-3-13)22-10-12-9-18-7-6-11(16(19)20)8-15(18)17-12/h2-9H,10H2,1H3,(H,19,20). The number of methoxy groups -OCH3 is 1. The summed E-state index contributed by atoms with van der Waals surface area (Å²) in [5, 5.41) is 8.97. The van der Waals surface area contributed by atoms with Crippen molar-refractivity contribution in [3.05, 3.63) is 60.0 Å². The third kappa shape index (κ3) is 2.85. The summed E-state index contributed by atoms with van der Waals surface area (Å²) in [6.45, 7) is 0.302. The fraction of sp³-hybridized carbons (Fsp3) is 0.125. The first kappa shape index (κ1) is 13.9. The van der Waals surface area contributed by atoms with E-state index in [0.717, 1.165) is 11.4 Å². The summed E-state index contributed by atoms with van der Waals surface area (Å²) in [6, 6.07) is 10.3. The molecule has 3 rings (SSSR count). The lowest BCUT2D eigenvalue weighted by Gasteiger charge is -2.04. The van der Waals surface area contributed by atoms with Crippen molar-refractivity contribution in [2.45, 2.75) is 6.61 Å². The van der Waals surface area contributed by atoms with Crippen LogP contribution in [-0.2, 0) is 6.61 Å². The van der Waals surface area contributed by atoms with E-state index in [9.17, 15) is 4.79 Å². The molecule has 0 amide bonds. The molecule has 0 saturated carbocycles. The molecule has 1 N–H and O–H groups in total. The van der Waals surface area contributed by atoms with Crippen LogP contribution in [0.2, 0.25) is 0 Å². The van der Waals surface area contributed by atoms with E-state index in [4.69, 9.17) is 14.6 Å². The molecule has 3 aromatic rings. The van der Waals surface area contributed by atoms with Crippen molar-refractivity contribution >= 4 is 11.6 Å². The Morgan fingerprint density at radius 1 is 1.23 bits per heavy atom. The molecule has 6 heteroatoms. The first-order valence-electron chi connectivity index (χ1n) is 6.63. The zero-order chi connectivity index (χ0) is 15.5. The number of pyridine rings is 1. The Morgan fingerprint density at radius 2 is 1.95 bits per heavy atom. The van der Waals surface area contributed by atoms with Crippen LogP contribution >= 0.6 is 0 Å². The molecule has 0 radical (unpaired) electrons. The number of nitrogens with zero attached hydrogens (tertiary/aromatic N) is 2. The normalized spacial score (nSPS) is 10.6. The van der Waals surface area contributed by atoms with Crippen molar-refractivity contribution in [1.29, 1.82) is 0 Å². The maximum Gasteiger partial charge on any atom is 0.335 e. The van der Waals surface area contributed by atoms with E-state index in [1.807, 2.05) is 30.5 Å². The van der Waals surface area contributed by atoms with Gasteiger partial charge >= 0.3 is 5.97 Å². The third-order valence-electron chi connectivity index (χ3n) is 3.20. The fourth-order valence-corrected chi connectivity index (χ4v) is 2.07. The van der Waals surface area contributed by atoms with Crippen molar-refractivity contribution in [2.75, 3.05) is 7.11 Å². The maximum atomic E-state index is 10.9. The lowest BCUT2D eigenvalue weighted by atomic mass is 10.3. The lowest BCUT2D eigenvalue weighted by molar-refractivity contribution is 0.0697. The fourth-order valence-electron chi connectivity index (χ4n) is 2.07. The molecule has 0 atom stereocenters. The summed E-state index contributed by atoms with van der Waals surface area (Å²) in [5.41, 5.74) is 1.51. The summed E-state index contributed by atoms with van der Waals surface area (Å²) in [4.78, 5) is 15.3. The molecule has 0 saturated heterocycles. The zero-order valence-electron chi connectivity index (χ0n) is 11.9. The molecule has 0 spiro atoms. The SMILES string of the molecule is COc1ccc(OCc2cn3ccc(C(=O)O)cc3n2)cc1. The number of carbonyl (C=O) groups is 1. The highest BCUT2D eigenvalue weighted by molar-refractivity contribution is 5.88. The number of ether oxygens (including phenoxy) is 2. The predicted octanol–water partition coefficient (Wildman–Crippen LogP) is 2.62. The molecule has 0 aliphatic heterocycles. The van der Waals surface area contributed by atoms with Gasteiger partial charge in [-0.3, -0.25) is 0 Å². The summed E-state index contributed by atoms with van der Waals surface area (Å²) in [6.07, 6.45) is 3.48. The van der Waals surface area contributed by atoms with Gasteiger partial charge in [-0.1, -0.05) is 0 Å². The second kappa shape index (κ2) is 5.77. The van der Waals surface area contributed by atoms with Crippen LogP contribution in [0.5, 0.6) is 11.5 Å². The topological polar surface area (TPSA) is 73.1 Å². The van der Waals surface area contributed by atoms with Crippen LogP contribution in [0.15, 0.2) is 48.8 Å². The van der Waals surface area contributed by atoms with Gasteiger partial charge in [-0.05, 0) is 36.4 Å². The Labute approximate surface area is 126 Å². The summed E-state index contributed by atoms with van der Waals surface area (Å²) in [7, 11) is 1.61. The minimum atomic E-state index is -0.971. The molecular formula is C16H14N2O4. The number of carboxylic acid groups (broad SMARTS) is 1. The van der Waals surface area contributed by atoms with Crippen LogP contribution in [0.25, 0.3) is 5.65 Å². The largest absolute Gasteiger partial charge is 0.497 e. The molecular weight excluding hydrogens is 284 g/mol. The van der Waals surface area contributed by atoms with E-state index < -0.39 is 5.97 Å². The smallest absolute Gasteiger partial charge is 0.335 e. The van der Waals surface area contributed by atoms with Crippen LogP contribution in [0, 0.1) is 0 Å². The lowest BCUT2D eigenvalue weighted by Crippen LogP contribution is -1.97. The molecule has 0 aliphatic rings. The van der Waals surface area contributed by atoms with E-state index >= 15 is 0 Å². The molecule has 0 bridgehead atoms. The van der Waals surface area contributed by atoms with Crippen LogP contribution in [-0.4, -0.2) is 27.6 Å². The van der Waals surface area contributed by atoms with Crippen molar-refractivity contribution in [1.82, 2.24) is 9.38 Å². The molecule has 2 aromatic heterocycles. The number of rotatable bonds is 5. The van der Waals surface area contributed by atoms with Gasteiger partial charge in [0, 0.05) is 12.4 Å². The van der Waals surface area contributed by atoms with Crippen LogP contribution < -0.4 is 9.47 Å². The van der Waals surface area contributed by atoms with Gasteiger partial charge in [0.2, 0.25) is 0 Å². The monoisotopic (exact) mass is 298 g/mol. The van der Waals surface area contributed by atoms with E-state index in [2.05, 4.69) is 4.98 Å². The molecule has 1 aromatic carbocycles. The van der Waals surface area contributed by atoms with Gasteiger partial charge in [-0.25, -0.2) is 9.78 Å². The number of imidazole rings is 1. The van der Waals surface area contributed by atoms with Crippen molar-refractivity contribution < 1.29 is 19.4 Å². The van der Waals surface area contributed by atoms with E-state index in [-0.39, 0.29) is 5.56 Å². The Bertz CT molecular complexity index is 809. The zero-order valence-corrected chi connectivity index (χ0v) is 11.9. The molecule has 0 fully saturated rings. The second-order valence-corrected chi connectivity index (χ2v) is 4.68. The molecule has 0 unspecified atom stereocenters. The highest BCUT2D eigenvalue weighted by Crippen LogP contribution is 2.18. The Hall–Kier alpha value is -3.02. The highest BCUT2D eigenvalue weighted by atomic mass is 16.5. The highest BCUT2D eigenvalue weighted by Gasteiger charge is 2.07. The van der Waals surface area contributed by atoms with Gasteiger partial charge in [0.25, 0.3) is 0 Å². The van der Waals surface area contributed by atoms with Gasteiger partial charge < -0.3 is 19.0 Å². The number of benzene rings is 1. The van der Waals surface area contributed by atoms with Gasteiger partial charge in [0.1, 0.15) is 23.8 Å². The number of aromatic carboxylic acids is 1. The minimum absolute atomic E-state index is 0.209. The third-order valence-corrected chi connectivity index (χ3v) is 3.20. The minimum Gasteiger partial charge on any atom is -0.497 e. The van der Waals surface area contributed by atoms with Gasteiger partial charge in [0.15, 0.2) is 0 Å². The molecule has 6 nitrogen and oxygen atoms in total.